The maximum atomic E-state index is 5.95. The number of nitrogen functional groups attached to an aromatic ring is 1. The predicted molar refractivity (Wildman–Crippen MR) is 90.0 cm³/mol. The fraction of sp³-hybridized carbons (Fsp3) is 0.706. The van der Waals surface area contributed by atoms with Crippen molar-refractivity contribution in [2.45, 2.75) is 51.7 Å². The molecule has 5 nitrogen and oxygen atoms in total. The predicted octanol–water partition coefficient (Wildman–Crippen LogP) is 1.77. The molecule has 4 N–H and O–H groups in total. The van der Waals surface area contributed by atoms with E-state index in [2.05, 4.69) is 40.6 Å². The number of rotatable bonds is 4. The zero-order valence-corrected chi connectivity index (χ0v) is 13.8. The zero-order valence-electron chi connectivity index (χ0n) is 13.8. The number of aromatic nitrogens is 1. The van der Waals surface area contributed by atoms with E-state index in [1.807, 2.05) is 6.07 Å². The molecule has 22 heavy (non-hydrogen) atoms. The van der Waals surface area contributed by atoms with E-state index >= 15 is 0 Å². The van der Waals surface area contributed by atoms with Gasteiger partial charge in [0.25, 0.3) is 0 Å². The monoisotopic (exact) mass is 303 g/mol. The van der Waals surface area contributed by atoms with Gasteiger partial charge < -0.3 is 5.73 Å². The van der Waals surface area contributed by atoms with Crippen LogP contribution in [0.1, 0.15) is 38.7 Å². The molecule has 2 unspecified atom stereocenters. The third-order valence-electron chi connectivity index (χ3n) is 5.29. The molecule has 0 bridgehead atoms. The standard InChI is InChI=1S/C17H29N5/c1-12(2)15-10-16(21-20-15)13-5-8-22(9-6-13)11-14-4-3-7-19-17(14)18/h3-4,7,12-13,15-16,20-21H,5-6,8-11H2,1-2H3,(H2,18,19). The Hall–Kier alpha value is -1.17. The largest absolute Gasteiger partial charge is 0.383 e. The van der Waals surface area contributed by atoms with Crippen LogP contribution in [0.15, 0.2) is 18.3 Å². The van der Waals surface area contributed by atoms with E-state index in [1.54, 1.807) is 6.20 Å². The fourth-order valence-corrected chi connectivity index (χ4v) is 3.69. The molecule has 1 aromatic rings. The van der Waals surface area contributed by atoms with Gasteiger partial charge in [-0.25, -0.2) is 4.98 Å². The minimum atomic E-state index is 0.623. The summed E-state index contributed by atoms with van der Waals surface area (Å²) >= 11 is 0. The minimum Gasteiger partial charge on any atom is -0.383 e. The number of hydrogen-bond acceptors (Lipinski definition) is 5. The van der Waals surface area contributed by atoms with Crippen molar-refractivity contribution < 1.29 is 0 Å². The first-order valence-corrected chi connectivity index (χ1v) is 8.56. The summed E-state index contributed by atoms with van der Waals surface area (Å²) in [6.45, 7) is 7.83. The molecule has 0 amide bonds. The molecule has 2 atom stereocenters. The number of piperidine rings is 1. The molecule has 2 aliphatic heterocycles. The Morgan fingerprint density at radius 1 is 1.32 bits per heavy atom. The topological polar surface area (TPSA) is 66.2 Å². The summed E-state index contributed by atoms with van der Waals surface area (Å²) in [6.07, 6.45) is 5.56. The Morgan fingerprint density at radius 3 is 2.73 bits per heavy atom. The molecule has 1 aromatic heterocycles. The zero-order chi connectivity index (χ0) is 15.5. The van der Waals surface area contributed by atoms with Gasteiger partial charge in [-0.2, -0.15) is 0 Å². The third-order valence-corrected chi connectivity index (χ3v) is 5.29. The molecule has 3 heterocycles. The molecular formula is C17H29N5. The van der Waals surface area contributed by atoms with Gasteiger partial charge in [-0.3, -0.25) is 15.8 Å². The highest BCUT2D eigenvalue weighted by Gasteiger charge is 2.33. The normalized spacial score (nSPS) is 27.6. The number of likely N-dealkylation sites (tertiary alicyclic amines) is 1. The van der Waals surface area contributed by atoms with Crippen LogP contribution in [0.3, 0.4) is 0 Å². The SMILES string of the molecule is CC(C)C1CC(C2CCN(Cc3cccnc3N)CC2)NN1. The number of anilines is 1. The highest BCUT2D eigenvalue weighted by molar-refractivity contribution is 5.38. The lowest BCUT2D eigenvalue weighted by Gasteiger charge is -2.34. The van der Waals surface area contributed by atoms with Crippen molar-refractivity contribution in [1.82, 2.24) is 20.7 Å². The highest BCUT2D eigenvalue weighted by atomic mass is 15.4. The molecule has 2 saturated heterocycles. The third kappa shape index (κ3) is 3.59. The smallest absolute Gasteiger partial charge is 0.127 e. The summed E-state index contributed by atoms with van der Waals surface area (Å²) < 4.78 is 0. The number of nitrogens with zero attached hydrogens (tertiary/aromatic N) is 2. The van der Waals surface area contributed by atoms with E-state index in [0.717, 1.165) is 31.1 Å². The van der Waals surface area contributed by atoms with Crippen LogP contribution in [-0.4, -0.2) is 35.1 Å². The molecule has 0 spiro atoms. The van der Waals surface area contributed by atoms with Crippen LogP contribution in [0.4, 0.5) is 5.82 Å². The molecule has 0 radical (unpaired) electrons. The van der Waals surface area contributed by atoms with E-state index < -0.39 is 0 Å². The van der Waals surface area contributed by atoms with Gasteiger partial charge in [0.1, 0.15) is 5.82 Å². The van der Waals surface area contributed by atoms with Crippen LogP contribution in [0, 0.1) is 11.8 Å². The van der Waals surface area contributed by atoms with Crippen LogP contribution in [0.25, 0.3) is 0 Å². The van der Waals surface area contributed by atoms with Crippen molar-refractivity contribution in [1.29, 1.82) is 0 Å². The molecule has 2 aliphatic rings. The lowest BCUT2D eigenvalue weighted by Crippen LogP contribution is -2.43. The fourth-order valence-electron chi connectivity index (χ4n) is 3.69. The van der Waals surface area contributed by atoms with Gasteiger partial charge in [0.15, 0.2) is 0 Å². The van der Waals surface area contributed by atoms with Crippen LogP contribution >= 0.6 is 0 Å². The lowest BCUT2D eigenvalue weighted by atomic mass is 9.85. The summed E-state index contributed by atoms with van der Waals surface area (Å²) in [5, 5.41) is 0. The molecule has 0 saturated carbocycles. The van der Waals surface area contributed by atoms with Gasteiger partial charge in [-0.1, -0.05) is 19.9 Å². The van der Waals surface area contributed by atoms with E-state index in [9.17, 15) is 0 Å². The van der Waals surface area contributed by atoms with Crippen LogP contribution in [0.2, 0.25) is 0 Å². The van der Waals surface area contributed by atoms with Crippen molar-refractivity contribution in [3.8, 4) is 0 Å². The maximum Gasteiger partial charge on any atom is 0.127 e. The van der Waals surface area contributed by atoms with Gasteiger partial charge in [0.2, 0.25) is 0 Å². The van der Waals surface area contributed by atoms with Gasteiger partial charge >= 0.3 is 0 Å². The van der Waals surface area contributed by atoms with E-state index in [0.29, 0.717) is 23.8 Å². The Balaban J connectivity index is 1.48. The molecule has 2 fully saturated rings. The van der Waals surface area contributed by atoms with Crippen LogP contribution in [0.5, 0.6) is 0 Å². The molecule has 122 valence electrons. The van der Waals surface area contributed by atoms with Crippen LogP contribution in [-0.2, 0) is 6.54 Å². The first-order valence-electron chi connectivity index (χ1n) is 8.56. The molecule has 0 aromatic carbocycles. The number of hydrogen-bond donors (Lipinski definition) is 3. The average Bonchev–Trinajstić information content (AvgIpc) is 3.00. The van der Waals surface area contributed by atoms with Crippen molar-refractivity contribution >= 4 is 5.82 Å². The van der Waals surface area contributed by atoms with Crippen molar-refractivity contribution in [3.63, 3.8) is 0 Å². The summed E-state index contributed by atoms with van der Waals surface area (Å²) in [5.41, 5.74) is 14.1. The number of nitrogens with two attached hydrogens (primary N) is 1. The molecule has 3 rings (SSSR count). The van der Waals surface area contributed by atoms with Crippen molar-refractivity contribution in [3.05, 3.63) is 23.9 Å². The van der Waals surface area contributed by atoms with Gasteiger partial charge in [0.05, 0.1) is 0 Å². The van der Waals surface area contributed by atoms with E-state index in [-0.39, 0.29) is 0 Å². The second-order valence-corrected chi connectivity index (χ2v) is 7.14. The second-order valence-electron chi connectivity index (χ2n) is 7.14. The molecular weight excluding hydrogens is 274 g/mol. The number of nitrogens with one attached hydrogen (secondary N) is 2. The second kappa shape index (κ2) is 6.94. The average molecular weight is 303 g/mol. The summed E-state index contributed by atoms with van der Waals surface area (Å²) in [7, 11) is 0. The van der Waals surface area contributed by atoms with Gasteiger partial charge in [-0.05, 0) is 50.3 Å². The van der Waals surface area contributed by atoms with E-state index in [1.165, 1.54) is 19.3 Å². The Morgan fingerprint density at radius 2 is 2.09 bits per heavy atom. The lowest BCUT2D eigenvalue weighted by molar-refractivity contribution is 0.155. The van der Waals surface area contributed by atoms with Crippen molar-refractivity contribution in [2.75, 3.05) is 18.8 Å². The van der Waals surface area contributed by atoms with Gasteiger partial charge in [0, 0.05) is 30.4 Å². The van der Waals surface area contributed by atoms with E-state index in [4.69, 9.17) is 5.73 Å². The summed E-state index contributed by atoms with van der Waals surface area (Å²) in [5.74, 6) is 2.16. The molecule has 5 heteroatoms. The maximum absolute atomic E-state index is 5.95. The summed E-state index contributed by atoms with van der Waals surface area (Å²) in [4.78, 5) is 6.69. The minimum absolute atomic E-state index is 0.623. The quantitative estimate of drug-likeness (QED) is 0.791. The molecule has 0 aliphatic carbocycles. The van der Waals surface area contributed by atoms with Gasteiger partial charge in [-0.15, -0.1) is 0 Å². The Kier molecular flexibility index (Phi) is 4.96. The number of hydrazine groups is 1. The summed E-state index contributed by atoms with van der Waals surface area (Å²) in [6, 6.07) is 5.32. The Bertz CT molecular complexity index is 482. The van der Waals surface area contributed by atoms with Crippen molar-refractivity contribution in [2.24, 2.45) is 11.8 Å². The first kappa shape index (κ1) is 15.7. The van der Waals surface area contributed by atoms with Crippen LogP contribution < -0.4 is 16.6 Å². The first-order chi connectivity index (χ1) is 10.6. The number of pyridine rings is 1. The Labute approximate surface area is 133 Å². The highest BCUT2D eigenvalue weighted by Crippen LogP contribution is 2.27.